The van der Waals surface area contributed by atoms with Gasteiger partial charge in [0.15, 0.2) is 0 Å². The molecular weight excluding hydrogens is 296 g/mol. The molecule has 0 saturated carbocycles. The molecule has 3 rings (SSSR count). The largest absolute Gasteiger partial charge is 0.373 e. The van der Waals surface area contributed by atoms with Crippen LogP contribution in [0.4, 0.5) is 5.82 Å². The third-order valence-corrected chi connectivity index (χ3v) is 4.11. The fraction of sp³-hybridized carbons (Fsp3) is 0.154. The van der Waals surface area contributed by atoms with Crippen molar-refractivity contribution in [3.05, 3.63) is 51.0 Å². The van der Waals surface area contributed by atoms with Crippen LogP contribution in [0.5, 0.6) is 0 Å². The quantitative estimate of drug-likeness (QED) is 0.808. The Bertz CT molecular complexity index is 827. The number of halogens is 1. The van der Waals surface area contributed by atoms with Gasteiger partial charge in [0.2, 0.25) is 0 Å². The van der Waals surface area contributed by atoms with E-state index in [1.807, 2.05) is 5.38 Å². The molecule has 3 aromatic heterocycles. The Labute approximate surface area is 123 Å². The van der Waals surface area contributed by atoms with Gasteiger partial charge in [-0.15, -0.1) is 11.3 Å². The van der Waals surface area contributed by atoms with Crippen LogP contribution < -0.4 is 10.9 Å². The van der Waals surface area contributed by atoms with Crippen LogP contribution in [-0.2, 0) is 6.54 Å². The normalized spacial score (nSPS) is 10.9. The van der Waals surface area contributed by atoms with E-state index < -0.39 is 0 Å². The SMILES string of the molecule is CNc1ccc(Cl)c(Cn2cnc3sccc3c2=O)n1. The molecule has 0 unspecified atom stereocenters. The number of rotatable bonds is 3. The van der Waals surface area contributed by atoms with Gasteiger partial charge >= 0.3 is 0 Å². The fourth-order valence-electron chi connectivity index (χ4n) is 1.90. The Morgan fingerprint density at radius 3 is 3.05 bits per heavy atom. The lowest BCUT2D eigenvalue weighted by molar-refractivity contribution is 0.731. The van der Waals surface area contributed by atoms with Crippen molar-refractivity contribution < 1.29 is 0 Å². The molecule has 0 amide bonds. The van der Waals surface area contributed by atoms with E-state index >= 15 is 0 Å². The van der Waals surface area contributed by atoms with Crippen LogP contribution in [0.3, 0.4) is 0 Å². The Kier molecular flexibility index (Phi) is 3.42. The number of pyridine rings is 1. The van der Waals surface area contributed by atoms with Gasteiger partial charge in [-0.3, -0.25) is 9.36 Å². The predicted molar refractivity (Wildman–Crippen MR) is 81.8 cm³/mol. The third-order valence-electron chi connectivity index (χ3n) is 2.95. The Balaban J connectivity index is 2.05. The zero-order valence-electron chi connectivity index (χ0n) is 10.6. The van der Waals surface area contributed by atoms with Crippen molar-refractivity contribution in [2.24, 2.45) is 0 Å². The minimum Gasteiger partial charge on any atom is -0.373 e. The summed E-state index contributed by atoms with van der Waals surface area (Å²) in [6.45, 7) is 0.298. The minimum absolute atomic E-state index is 0.0797. The maximum Gasteiger partial charge on any atom is 0.262 e. The average Bonchev–Trinajstić information content (AvgIpc) is 2.93. The smallest absolute Gasteiger partial charge is 0.262 e. The third kappa shape index (κ3) is 2.28. The molecule has 0 saturated heterocycles. The van der Waals surface area contributed by atoms with Gasteiger partial charge in [-0.25, -0.2) is 9.97 Å². The lowest BCUT2D eigenvalue weighted by Gasteiger charge is -2.08. The first-order valence-electron chi connectivity index (χ1n) is 5.95. The highest BCUT2D eigenvalue weighted by atomic mass is 35.5. The van der Waals surface area contributed by atoms with Crippen LogP contribution in [0.25, 0.3) is 10.2 Å². The first kappa shape index (κ1) is 13.1. The summed E-state index contributed by atoms with van der Waals surface area (Å²) in [5.41, 5.74) is 0.556. The number of nitrogens with one attached hydrogen (secondary N) is 1. The summed E-state index contributed by atoms with van der Waals surface area (Å²) >= 11 is 7.58. The first-order valence-corrected chi connectivity index (χ1v) is 7.20. The summed E-state index contributed by atoms with van der Waals surface area (Å²) in [6.07, 6.45) is 1.53. The summed E-state index contributed by atoms with van der Waals surface area (Å²) in [7, 11) is 1.78. The maximum atomic E-state index is 12.3. The van der Waals surface area contributed by atoms with E-state index in [9.17, 15) is 4.79 Å². The van der Waals surface area contributed by atoms with Crippen molar-refractivity contribution in [2.75, 3.05) is 12.4 Å². The molecule has 5 nitrogen and oxygen atoms in total. The molecule has 20 heavy (non-hydrogen) atoms. The van der Waals surface area contributed by atoms with Gasteiger partial charge in [0, 0.05) is 7.05 Å². The van der Waals surface area contributed by atoms with Gasteiger partial charge in [0.25, 0.3) is 5.56 Å². The molecule has 3 heterocycles. The molecular formula is C13H11ClN4OS. The van der Waals surface area contributed by atoms with Gasteiger partial charge in [-0.05, 0) is 23.6 Å². The van der Waals surface area contributed by atoms with E-state index in [0.717, 1.165) is 4.83 Å². The molecule has 102 valence electrons. The van der Waals surface area contributed by atoms with Gasteiger partial charge < -0.3 is 5.32 Å². The first-order chi connectivity index (χ1) is 9.69. The lowest BCUT2D eigenvalue weighted by atomic mass is 10.3. The lowest BCUT2D eigenvalue weighted by Crippen LogP contribution is -2.21. The topological polar surface area (TPSA) is 59.8 Å². The van der Waals surface area contributed by atoms with Crippen molar-refractivity contribution >= 4 is 39.0 Å². The monoisotopic (exact) mass is 306 g/mol. The average molecular weight is 307 g/mol. The molecule has 0 fully saturated rings. The van der Waals surface area contributed by atoms with E-state index in [0.29, 0.717) is 28.5 Å². The van der Waals surface area contributed by atoms with Gasteiger partial charge in [-0.2, -0.15) is 0 Å². The summed E-state index contributed by atoms with van der Waals surface area (Å²) < 4.78 is 1.52. The van der Waals surface area contributed by atoms with Crippen LogP contribution >= 0.6 is 22.9 Å². The second-order valence-corrected chi connectivity index (χ2v) is 5.49. The van der Waals surface area contributed by atoms with E-state index in [4.69, 9.17) is 11.6 Å². The van der Waals surface area contributed by atoms with Crippen molar-refractivity contribution in [3.63, 3.8) is 0 Å². The van der Waals surface area contributed by atoms with E-state index in [2.05, 4.69) is 15.3 Å². The minimum atomic E-state index is -0.0797. The maximum absolute atomic E-state index is 12.3. The molecule has 0 aliphatic carbocycles. The van der Waals surface area contributed by atoms with Crippen molar-refractivity contribution in [1.82, 2.24) is 14.5 Å². The number of anilines is 1. The highest BCUT2D eigenvalue weighted by molar-refractivity contribution is 7.16. The molecule has 0 aromatic carbocycles. The van der Waals surface area contributed by atoms with Crippen molar-refractivity contribution in [2.45, 2.75) is 6.54 Å². The van der Waals surface area contributed by atoms with Crippen molar-refractivity contribution in [3.8, 4) is 0 Å². The van der Waals surface area contributed by atoms with Crippen LogP contribution in [0.1, 0.15) is 5.69 Å². The summed E-state index contributed by atoms with van der Waals surface area (Å²) in [6, 6.07) is 5.33. The van der Waals surface area contributed by atoms with E-state index in [-0.39, 0.29) is 5.56 Å². The summed E-state index contributed by atoms with van der Waals surface area (Å²) in [5, 5.41) is 5.96. The predicted octanol–water partition coefficient (Wildman–Crippen LogP) is 2.60. The molecule has 0 spiro atoms. The summed E-state index contributed by atoms with van der Waals surface area (Å²) in [5.74, 6) is 0.710. The number of fused-ring (bicyclic) bond motifs is 1. The molecule has 0 atom stereocenters. The molecule has 0 radical (unpaired) electrons. The molecule has 0 aliphatic rings. The summed E-state index contributed by atoms with van der Waals surface area (Å²) in [4.78, 5) is 21.7. The second kappa shape index (κ2) is 5.22. The number of aromatic nitrogens is 3. The molecule has 0 bridgehead atoms. The second-order valence-electron chi connectivity index (χ2n) is 4.19. The van der Waals surface area contributed by atoms with Crippen LogP contribution in [0.15, 0.2) is 34.7 Å². The zero-order chi connectivity index (χ0) is 14.1. The molecule has 3 aromatic rings. The van der Waals surface area contributed by atoms with Crippen LogP contribution in [-0.4, -0.2) is 21.6 Å². The number of hydrogen-bond acceptors (Lipinski definition) is 5. The standard InChI is InChI=1S/C13H11ClN4OS/c1-15-11-3-2-9(14)10(17-11)6-18-7-16-12-8(13(18)19)4-5-20-12/h2-5,7H,6H2,1H3,(H,15,17). The van der Waals surface area contributed by atoms with Gasteiger partial charge in [-0.1, -0.05) is 11.6 Å². The number of hydrogen-bond donors (Lipinski definition) is 1. The van der Waals surface area contributed by atoms with Gasteiger partial charge in [0.1, 0.15) is 10.6 Å². The van der Waals surface area contributed by atoms with E-state index in [1.165, 1.54) is 22.2 Å². The molecule has 0 aliphatic heterocycles. The highest BCUT2D eigenvalue weighted by Gasteiger charge is 2.09. The number of thiophene rings is 1. The van der Waals surface area contributed by atoms with Crippen molar-refractivity contribution in [1.29, 1.82) is 0 Å². The Morgan fingerprint density at radius 2 is 2.25 bits per heavy atom. The van der Waals surface area contributed by atoms with E-state index in [1.54, 1.807) is 25.2 Å². The zero-order valence-corrected chi connectivity index (χ0v) is 12.2. The highest BCUT2D eigenvalue weighted by Crippen LogP contribution is 2.18. The van der Waals surface area contributed by atoms with Crippen LogP contribution in [0, 0.1) is 0 Å². The number of nitrogens with zero attached hydrogens (tertiary/aromatic N) is 3. The Morgan fingerprint density at radius 1 is 1.40 bits per heavy atom. The molecule has 1 N–H and O–H groups in total. The Hall–Kier alpha value is -1.92. The van der Waals surface area contributed by atoms with Crippen LogP contribution in [0.2, 0.25) is 5.02 Å². The van der Waals surface area contributed by atoms with Gasteiger partial charge in [0.05, 0.1) is 29.0 Å². The fourth-order valence-corrected chi connectivity index (χ4v) is 2.79. The molecule has 7 heteroatoms.